The number of hydrogen-bond donors (Lipinski definition) is 4. The number of rotatable bonds is 9. The van der Waals surface area contributed by atoms with Crippen LogP contribution in [-0.4, -0.2) is 69.8 Å². The summed E-state index contributed by atoms with van der Waals surface area (Å²) in [5, 5.41) is 20.5. The van der Waals surface area contributed by atoms with Gasteiger partial charge in [0.15, 0.2) is 6.61 Å². The number of aromatic nitrogens is 3. The Morgan fingerprint density at radius 1 is 1.29 bits per heavy atom. The molecule has 0 spiro atoms. The lowest BCUT2D eigenvalue weighted by Crippen LogP contribution is -2.49. The number of aliphatic carboxylic acids is 1. The lowest BCUT2D eigenvalue weighted by Gasteiger charge is -2.17. The van der Waals surface area contributed by atoms with Gasteiger partial charge < -0.3 is 25.8 Å². The van der Waals surface area contributed by atoms with E-state index in [1.807, 2.05) is 12.1 Å². The zero-order chi connectivity index (χ0) is 24.7. The Kier molecular flexibility index (Phi) is 7.91. The van der Waals surface area contributed by atoms with Gasteiger partial charge in [0.2, 0.25) is 0 Å². The number of pyridine rings is 1. The predicted molar refractivity (Wildman–Crippen MR) is 111 cm³/mol. The molecule has 0 radical (unpaired) electrons. The molecule has 3 heterocycles. The average Bonchev–Trinajstić information content (AvgIpc) is 3.27. The molecular weight excluding hydrogens is 461 g/mol. The van der Waals surface area contributed by atoms with Gasteiger partial charge in [-0.05, 0) is 24.5 Å². The van der Waals surface area contributed by atoms with Gasteiger partial charge in [-0.15, -0.1) is 0 Å². The summed E-state index contributed by atoms with van der Waals surface area (Å²) in [5.74, 6) is -1.35. The number of carbonyl (C=O) groups excluding carboxylic acids is 2. The Bertz CT molecular complexity index is 1040. The van der Waals surface area contributed by atoms with Crippen LogP contribution in [0, 0.1) is 0 Å². The van der Waals surface area contributed by atoms with Crippen molar-refractivity contribution in [2.24, 2.45) is 0 Å². The van der Waals surface area contributed by atoms with Gasteiger partial charge >= 0.3 is 18.2 Å². The van der Waals surface area contributed by atoms with Gasteiger partial charge in [-0.2, -0.15) is 18.3 Å². The van der Waals surface area contributed by atoms with E-state index in [4.69, 9.17) is 5.11 Å². The SMILES string of the molecule is O=C(N[C@@H](CNC(=O)c1cnn(CCc2ccc3c(n2)NCCC3)c1)C(=O)O)OCC(F)(F)F. The molecule has 2 aromatic heterocycles. The summed E-state index contributed by atoms with van der Waals surface area (Å²) in [6.07, 6.45) is -0.944. The van der Waals surface area contributed by atoms with E-state index in [0.717, 1.165) is 30.9 Å². The summed E-state index contributed by atoms with van der Waals surface area (Å²) in [7, 11) is 0. The molecule has 0 bridgehead atoms. The van der Waals surface area contributed by atoms with Crippen LogP contribution < -0.4 is 16.0 Å². The number of carboxylic acid groups (broad SMARTS) is 1. The van der Waals surface area contributed by atoms with E-state index >= 15 is 0 Å². The highest BCUT2D eigenvalue weighted by atomic mass is 19.4. The molecule has 14 heteroatoms. The zero-order valence-corrected chi connectivity index (χ0v) is 17.9. The summed E-state index contributed by atoms with van der Waals surface area (Å²) < 4.78 is 41.7. The summed E-state index contributed by atoms with van der Waals surface area (Å²) in [5.41, 5.74) is 2.18. The standard InChI is InChI=1S/C20H23F3N6O5/c21-20(22,23)11-34-19(33)28-15(18(31)32)9-25-17(30)13-8-26-29(10-13)7-5-14-4-3-12-2-1-6-24-16(12)27-14/h3-4,8,10,15H,1-2,5-7,9,11H2,(H,24,27)(H,25,30)(H,28,33)(H,31,32)/t15-/m0/s1. The van der Waals surface area contributed by atoms with E-state index in [0.29, 0.717) is 13.0 Å². The molecule has 0 fully saturated rings. The smallest absolute Gasteiger partial charge is 0.422 e. The summed E-state index contributed by atoms with van der Waals surface area (Å²) in [6.45, 7) is -1.11. The van der Waals surface area contributed by atoms with Crippen LogP contribution in [0.15, 0.2) is 24.5 Å². The fraction of sp³-hybridized carbons (Fsp3) is 0.450. The third kappa shape index (κ3) is 7.35. The van der Waals surface area contributed by atoms with Crippen LogP contribution in [0.3, 0.4) is 0 Å². The first-order chi connectivity index (χ1) is 16.1. The Labute approximate surface area is 191 Å². The van der Waals surface area contributed by atoms with Gasteiger partial charge in [0.05, 0.1) is 11.8 Å². The lowest BCUT2D eigenvalue weighted by atomic mass is 10.1. The van der Waals surface area contributed by atoms with Gasteiger partial charge in [0.1, 0.15) is 11.9 Å². The number of halogens is 3. The van der Waals surface area contributed by atoms with Gasteiger partial charge in [-0.1, -0.05) is 6.07 Å². The van der Waals surface area contributed by atoms with E-state index in [1.54, 1.807) is 5.32 Å². The van der Waals surface area contributed by atoms with Crippen LogP contribution >= 0.6 is 0 Å². The van der Waals surface area contributed by atoms with E-state index < -0.39 is 43.3 Å². The Balaban J connectivity index is 1.48. The van der Waals surface area contributed by atoms with Crippen molar-refractivity contribution >= 4 is 23.8 Å². The van der Waals surface area contributed by atoms with Crippen molar-refractivity contribution in [2.45, 2.75) is 38.0 Å². The third-order valence-electron chi connectivity index (χ3n) is 4.87. The van der Waals surface area contributed by atoms with Gasteiger partial charge in [-0.3, -0.25) is 9.48 Å². The molecule has 0 saturated heterocycles. The molecule has 34 heavy (non-hydrogen) atoms. The van der Waals surface area contributed by atoms with Crippen molar-refractivity contribution in [3.8, 4) is 0 Å². The number of fused-ring (bicyclic) bond motifs is 1. The van der Waals surface area contributed by atoms with Gasteiger partial charge in [0.25, 0.3) is 5.91 Å². The van der Waals surface area contributed by atoms with Crippen LogP contribution in [0.2, 0.25) is 0 Å². The molecule has 11 nitrogen and oxygen atoms in total. The number of aryl methyl sites for hydroxylation is 3. The fourth-order valence-corrected chi connectivity index (χ4v) is 3.17. The number of ether oxygens (including phenoxy) is 1. The number of amides is 2. The fourth-order valence-electron chi connectivity index (χ4n) is 3.17. The number of hydrogen-bond acceptors (Lipinski definition) is 7. The van der Waals surface area contributed by atoms with E-state index in [1.165, 1.54) is 22.6 Å². The number of alkyl carbamates (subject to hydrolysis) is 1. The molecule has 2 aromatic rings. The second-order valence-corrected chi connectivity index (χ2v) is 7.52. The molecule has 4 N–H and O–H groups in total. The monoisotopic (exact) mass is 484 g/mol. The zero-order valence-electron chi connectivity index (χ0n) is 17.9. The summed E-state index contributed by atoms with van der Waals surface area (Å²) in [4.78, 5) is 39.5. The molecule has 0 aromatic carbocycles. The maximum Gasteiger partial charge on any atom is 0.422 e. The predicted octanol–water partition coefficient (Wildman–Crippen LogP) is 1.35. The normalized spacial score (nSPS) is 13.9. The molecule has 3 rings (SSSR count). The van der Waals surface area contributed by atoms with Crippen LogP contribution in [0.5, 0.6) is 0 Å². The first-order valence-corrected chi connectivity index (χ1v) is 10.4. The molecule has 1 atom stereocenters. The van der Waals surface area contributed by atoms with E-state index in [2.05, 4.69) is 25.5 Å². The molecule has 2 amide bonds. The highest BCUT2D eigenvalue weighted by Crippen LogP contribution is 2.20. The first-order valence-electron chi connectivity index (χ1n) is 10.4. The number of alkyl halides is 3. The minimum Gasteiger partial charge on any atom is -0.480 e. The molecule has 1 aliphatic rings. The molecule has 0 saturated carbocycles. The molecule has 0 aliphatic carbocycles. The number of nitrogens with one attached hydrogen (secondary N) is 3. The van der Waals surface area contributed by atoms with E-state index in [9.17, 15) is 27.6 Å². The van der Waals surface area contributed by atoms with Crippen LogP contribution in [0.4, 0.5) is 23.8 Å². The minimum atomic E-state index is -4.75. The number of nitrogens with zero attached hydrogens (tertiary/aromatic N) is 3. The average molecular weight is 484 g/mol. The largest absolute Gasteiger partial charge is 0.480 e. The summed E-state index contributed by atoms with van der Waals surface area (Å²) >= 11 is 0. The van der Waals surface area contributed by atoms with E-state index in [-0.39, 0.29) is 5.56 Å². The van der Waals surface area contributed by atoms with Crippen molar-refractivity contribution in [1.82, 2.24) is 25.4 Å². The molecular formula is C20H23F3N6O5. The van der Waals surface area contributed by atoms with Crippen LogP contribution in [0.25, 0.3) is 0 Å². The molecule has 1 aliphatic heterocycles. The van der Waals surface area contributed by atoms with Crippen molar-refractivity contribution in [3.05, 3.63) is 41.3 Å². The maximum atomic E-state index is 12.3. The minimum absolute atomic E-state index is 0.142. The lowest BCUT2D eigenvalue weighted by molar-refractivity contribution is -0.160. The Hall–Kier alpha value is -3.84. The van der Waals surface area contributed by atoms with Crippen molar-refractivity contribution < 1.29 is 37.4 Å². The third-order valence-corrected chi connectivity index (χ3v) is 4.87. The van der Waals surface area contributed by atoms with Crippen molar-refractivity contribution in [2.75, 3.05) is 25.0 Å². The number of anilines is 1. The highest BCUT2D eigenvalue weighted by molar-refractivity contribution is 5.94. The quantitative estimate of drug-likeness (QED) is 0.417. The second-order valence-electron chi connectivity index (χ2n) is 7.52. The topological polar surface area (TPSA) is 147 Å². The van der Waals surface area contributed by atoms with Crippen LogP contribution in [0.1, 0.15) is 28.0 Å². The number of carbonyl (C=O) groups is 3. The highest BCUT2D eigenvalue weighted by Gasteiger charge is 2.30. The first kappa shape index (κ1) is 24.8. The number of carboxylic acids is 1. The molecule has 0 unspecified atom stereocenters. The second kappa shape index (κ2) is 10.9. The molecule has 184 valence electrons. The van der Waals surface area contributed by atoms with Crippen molar-refractivity contribution in [1.29, 1.82) is 0 Å². The maximum absolute atomic E-state index is 12.3. The Morgan fingerprint density at radius 3 is 2.82 bits per heavy atom. The van der Waals surface area contributed by atoms with Gasteiger partial charge in [-0.25, -0.2) is 14.6 Å². The van der Waals surface area contributed by atoms with Crippen molar-refractivity contribution in [3.63, 3.8) is 0 Å². The Morgan fingerprint density at radius 2 is 2.09 bits per heavy atom. The summed E-state index contributed by atoms with van der Waals surface area (Å²) in [6, 6.07) is 2.29. The van der Waals surface area contributed by atoms with Gasteiger partial charge in [0, 0.05) is 37.9 Å². The van der Waals surface area contributed by atoms with Crippen LogP contribution in [-0.2, 0) is 28.9 Å².